The van der Waals surface area contributed by atoms with Gasteiger partial charge in [-0.3, -0.25) is 0 Å². The van der Waals surface area contributed by atoms with Crippen LogP contribution in [-0.2, 0) is 13.1 Å². The molecule has 0 saturated carbocycles. The van der Waals surface area contributed by atoms with Crippen LogP contribution in [0.4, 0.5) is 5.13 Å². The Morgan fingerprint density at radius 3 is 2.90 bits per heavy atom. The molecule has 0 atom stereocenters. The van der Waals surface area contributed by atoms with Crippen LogP contribution in [0.3, 0.4) is 0 Å². The Morgan fingerprint density at radius 2 is 2.14 bits per heavy atom. The van der Waals surface area contributed by atoms with Gasteiger partial charge in [0.1, 0.15) is 0 Å². The van der Waals surface area contributed by atoms with Gasteiger partial charge in [-0.2, -0.15) is 5.10 Å². The Bertz CT molecular complexity index is 731. The first-order chi connectivity index (χ1) is 10.2. The third kappa shape index (κ3) is 3.29. The van der Waals surface area contributed by atoms with Crippen LogP contribution < -0.4 is 11.1 Å². The van der Waals surface area contributed by atoms with E-state index in [1.54, 1.807) is 0 Å². The van der Waals surface area contributed by atoms with E-state index in [0.717, 1.165) is 23.5 Å². The molecule has 21 heavy (non-hydrogen) atoms. The van der Waals surface area contributed by atoms with Gasteiger partial charge >= 0.3 is 0 Å². The maximum Gasteiger partial charge on any atom is 0.180 e. The van der Waals surface area contributed by atoms with E-state index in [-0.39, 0.29) is 0 Å². The van der Waals surface area contributed by atoms with E-state index in [9.17, 15) is 0 Å². The van der Waals surface area contributed by atoms with E-state index in [4.69, 9.17) is 5.73 Å². The Labute approximate surface area is 127 Å². The van der Waals surface area contributed by atoms with Crippen molar-refractivity contribution in [3.05, 3.63) is 58.9 Å². The highest BCUT2D eigenvalue weighted by Crippen LogP contribution is 2.13. The second-order valence-electron chi connectivity index (χ2n) is 4.86. The number of anilines is 1. The predicted octanol–water partition coefficient (Wildman–Crippen LogP) is 2.51. The van der Waals surface area contributed by atoms with Gasteiger partial charge < -0.3 is 11.1 Å². The van der Waals surface area contributed by atoms with Gasteiger partial charge in [0.15, 0.2) is 5.13 Å². The molecule has 2 aromatic heterocycles. The summed E-state index contributed by atoms with van der Waals surface area (Å²) in [5.41, 5.74) is 10.0. The highest BCUT2D eigenvalue weighted by atomic mass is 32.1. The van der Waals surface area contributed by atoms with E-state index in [0.29, 0.717) is 11.7 Å². The van der Waals surface area contributed by atoms with Crippen LogP contribution in [0.25, 0.3) is 5.69 Å². The van der Waals surface area contributed by atoms with E-state index in [1.807, 2.05) is 34.6 Å². The molecule has 0 fully saturated rings. The van der Waals surface area contributed by atoms with Crippen molar-refractivity contribution >= 4 is 16.5 Å². The molecule has 0 radical (unpaired) electrons. The lowest BCUT2D eigenvalue weighted by atomic mass is 10.2. The molecule has 0 amide bonds. The van der Waals surface area contributed by atoms with Crippen LogP contribution in [0, 0.1) is 6.92 Å². The van der Waals surface area contributed by atoms with Gasteiger partial charge in [0.25, 0.3) is 0 Å². The van der Waals surface area contributed by atoms with Crippen molar-refractivity contribution in [2.75, 3.05) is 5.73 Å². The maximum absolute atomic E-state index is 5.61. The molecule has 3 rings (SSSR count). The highest BCUT2D eigenvalue weighted by molar-refractivity contribution is 7.13. The monoisotopic (exact) mass is 299 g/mol. The second-order valence-corrected chi connectivity index (χ2v) is 5.75. The predicted molar refractivity (Wildman–Crippen MR) is 85.4 cm³/mol. The summed E-state index contributed by atoms with van der Waals surface area (Å²) in [5.74, 6) is 0. The SMILES string of the molecule is Cc1ccccc1-n1cc(CNCc2csc(N)n2)cn1. The van der Waals surface area contributed by atoms with Crippen molar-refractivity contribution < 1.29 is 0 Å². The van der Waals surface area contributed by atoms with Crippen LogP contribution in [0.1, 0.15) is 16.8 Å². The van der Waals surface area contributed by atoms with Crippen molar-refractivity contribution in [2.24, 2.45) is 0 Å². The number of nitrogen functional groups attached to an aromatic ring is 1. The number of hydrogen-bond donors (Lipinski definition) is 2. The molecular formula is C15H17N5S. The van der Waals surface area contributed by atoms with Gasteiger partial charge in [-0.15, -0.1) is 11.3 Å². The lowest BCUT2D eigenvalue weighted by Crippen LogP contribution is -2.12. The minimum absolute atomic E-state index is 0.610. The number of para-hydroxylation sites is 1. The number of thiazole rings is 1. The van der Waals surface area contributed by atoms with E-state index in [2.05, 4.69) is 34.5 Å². The first-order valence-electron chi connectivity index (χ1n) is 6.72. The molecule has 0 spiro atoms. The van der Waals surface area contributed by atoms with E-state index < -0.39 is 0 Å². The fourth-order valence-electron chi connectivity index (χ4n) is 2.14. The van der Waals surface area contributed by atoms with Crippen LogP contribution in [0.5, 0.6) is 0 Å². The minimum Gasteiger partial charge on any atom is -0.375 e. The second kappa shape index (κ2) is 6.07. The number of aromatic nitrogens is 3. The third-order valence-corrected chi connectivity index (χ3v) is 3.93. The quantitative estimate of drug-likeness (QED) is 0.759. The molecule has 0 saturated heterocycles. The van der Waals surface area contributed by atoms with Crippen LogP contribution in [-0.4, -0.2) is 14.8 Å². The summed E-state index contributed by atoms with van der Waals surface area (Å²) in [6.07, 6.45) is 3.93. The first kappa shape index (κ1) is 13.8. The zero-order valence-electron chi connectivity index (χ0n) is 11.8. The molecular weight excluding hydrogens is 282 g/mol. The topological polar surface area (TPSA) is 68.8 Å². The fraction of sp³-hybridized carbons (Fsp3) is 0.200. The maximum atomic E-state index is 5.61. The summed E-state index contributed by atoms with van der Waals surface area (Å²) in [7, 11) is 0. The van der Waals surface area contributed by atoms with Crippen molar-refractivity contribution in [1.82, 2.24) is 20.1 Å². The molecule has 0 unspecified atom stereocenters. The summed E-state index contributed by atoms with van der Waals surface area (Å²) in [4.78, 5) is 4.22. The molecule has 3 N–H and O–H groups in total. The summed E-state index contributed by atoms with van der Waals surface area (Å²) in [6, 6.07) is 8.21. The molecule has 0 bridgehead atoms. The minimum atomic E-state index is 0.610. The molecule has 0 aliphatic carbocycles. The van der Waals surface area contributed by atoms with Gasteiger partial charge in [-0.05, 0) is 18.6 Å². The standard InChI is InChI=1S/C15H17N5S/c1-11-4-2-3-5-14(11)20-9-12(7-18-20)6-17-8-13-10-21-15(16)19-13/h2-5,7,9-10,17H,6,8H2,1H3,(H2,16,19). The van der Waals surface area contributed by atoms with Gasteiger partial charge in [-0.25, -0.2) is 9.67 Å². The molecule has 3 aromatic rings. The molecule has 2 heterocycles. The molecule has 5 nitrogen and oxygen atoms in total. The molecule has 0 aliphatic heterocycles. The molecule has 1 aromatic carbocycles. The Kier molecular flexibility index (Phi) is 3.98. The number of aryl methyl sites for hydroxylation is 1. The molecule has 0 aliphatic rings. The third-order valence-electron chi connectivity index (χ3n) is 3.20. The highest BCUT2D eigenvalue weighted by Gasteiger charge is 2.04. The molecule has 6 heteroatoms. The van der Waals surface area contributed by atoms with E-state index in [1.165, 1.54) is 16.9 Å². The van der Waals surface area contributed by atoms with Gasteiger partial charge in [0.05, 0.1) is 17.6 Å². The summed E-state index contributed by atoms with van der Waals surface area (Å²) < 4.78 is 1.91. The smallest absolute Gasteiger partial charge is 0.180 e. The average molecular weight is 299 g/mol. The lowest BCUT2D eigenvalue weighted by Gasteiger charge is -2.04. The summed E-state index contributed by atoms with van der Waals surface area (Å²) in [6.45, 7) is 3.55. The zero-order valence-corrected chi connectivity index (χ0v) is 12.6. The number of nitrogens with one attached hydrogen (secondary N) is 1. The number of benzene rings is 1. The normalized spacial score (nSPS) is 10.9. The first-order valence-corrected chi connectivity index (χ1v) is 7.60. The number of nitrogens with two attached hydrogens (primary N) is 1. The zero-order chi connectivity index (χ0) is 14.7. The Hall–Kier alpha value is -2.18. The summed E-state index contributed by atoms with van der Waals surface area (Å²) >= 11 is 1.46. The van der Waals surface area contributed by atoms with Crippen molar-refractivity contribution in [3.63, 3.8) is 0 Å². The average Bonchev–Trinajstić information content (AvgIpc) is 3.09. The largest absolute Gasteiger partial charge is 0.375 e. The summed E-state index contributed by atoms with van der Waals surface area (Å²) in [5, 5.41) is 10.3. The van der Waals surface area contributed by atoms with Gasteiger partial charge in [0.2, 0.25) is 0 Å². The van der Waals surface area contributed by atoms with Crippen LogP contribution in [0.15, 0.2) is 42.0 Å². The van der Waals surface area contributed by atoms with Crippen molar-refractivity contribution in [2.45, 2.75) is 20.0 Å². The number of hydrogen-bond acceptors (Lipinski definition) is 5. The van der Waals surface area contributed by atoms with E-state index >= 15 is 0 Å². The molecule has 108 valence electrons. The van der Waals surface area contributed by atoms with Crippen LogP contribution in [0.2, 0.25) is 0 Å². The van der Waals surface area contributed by atoms with Crippen LogP contribution >= 0.6 is 11.3 Å². The van der Waals surface area contributed by atoms with Crippen molar-refractivity contribution in [3.8, 4) is 5.69 Å². The number of rotatable bonds is 5. The Balaban J connectivity index is 1.62. The van der Waals surface area contributed by atoms with Gasteiger partial charge in [-0.1, -0.05) is 18.2 Å². The fourth-order valence-corrected chi connectivity index (χ4v) is 2.71. The lowest BCUT2D eigenvalue weighted by molar-refractivity contribution is 0.683. The van der Waals surface area contributed by atoms with Crippen molar-refractivity contribution in [1.29, 1.82) is 0 Å². The Morgan fingerprint density at radius 1 is 1.29 bits per heavy atom. The van der Waals surface area contributed by atoms with Gasteiger partial charge in [0, 0.05) is 30.2 Å². The number of nitrogens with zero attached hydrogens (tertiary/aromatic N) is 3.